The molecule has 0 aliphatic carbocycles. The number of hydrogen-bond donors (Lipinski definition) is 1. The Bertz CT molecular complexity index is 689. The zero-order chi connectivity index (χ0) is 14.9. The Morgan fingerprint density at radius 2 is 1.90 bits per heavy atom. The smallest absolute Gasteiger partial charge is 0.253 e. The second-order valence-corrected chi connectivity index (χ2v) is 5.27. The summed E-state index contributed by atoms with van der Waals surface area (Å²) in [7, 11) is 0. The van der Waals surface area contributed by atoms with Crippen LogP contribution in [-0.2, 0) is 6.54 Å². The van der Waals surface area contributed by atoms with Gasteiger partial charge in [0.2, 0.25) is 0 Å². The summed E-state index contributed by atoms with van der Waals surface area (Å²) in [5.74, 6) is 0.624. The molecule has 0 radical (unpaired) electrons. The Morgan fingerprint density at radius 1 is 1.20 bits per heavy atom. The molecule has 0 aliphatic heterocycles. The maximum Gasteiger partial charge on any atom is 0.253 e. The van der Waals surface area contributed by atoms with Crippen molar-refractivity contribution in [1.29, 1.82) is 0 Å². The van der Waals surface area contributed by atoms with Crippen molar-refractivity contribution in [3.8, 4) is 0 Å². The van der Waals surface area contributed by atoms with Gasteiger partial charge in [0.25, 0.3) is 5.56 Å². The summed E-state index contributed by atoms with van der Waals surface area (Å²) in [6.07, 6.45) is -0.712. The summed E-state index contributed by atoms with van der Waals surface area (Å²) in [5, 5.41) is 10.4. The number of nitrogens with zero attached hydrogens (tertiary/aromatic N) is 2. The molecule has 1 aromatic heterocycles. The lowest BCUT2D eigenvalue weighted by molar-refractivity contribution is 0.153. The van der Waals surface area contributed by atoms with E-state index in [0.29, 0.717) is 11.5 Å². The highest BCUT2D eigenvalue weighted by Crippen LogP contribution is 2.20. The minimum atomic E-state index is -0.712. The fourth-order valence-corrected chi connectivity index (χ4v) is 2.38. The molecule has 20 heavy (non-hydrogen) atoms. The number of aliphatic hydroxyl groups excluding tert-OH is 1. The van der Waals surface area contributed by atoms with Crippen molar-refractivity contribution in [3.05, 3.63) is 62.8 Å². The molecular weight excluding hydrogens is 252 g/mol. The van der Waals surface area contributed by atoms with Gasteiger partial charge >= 0.3 is 0 Å². The van der Waals surface area contributed by atoms with E-state index in [9.17, 15) is 9.90 Å². The molecule has 0 aliphatic rings. The van der Waals surface area contributed by atoms with Gasteiger partial charge in [0.05, 0.1) is 12.6 Å². The third-order valence-corrected chi connectivity index (χ3v) is 3.48. The van der Waals surface area contributed by atoms with Crippen molar-refractivity contribution in [1.82, 2.24) is 9.55 Å². The zero-order valence-corrected chi connectivity index (χ0v) is 12.3. The van der Waals surface area contributed by atoms with Gasteiger partial charge in [-0.15, -0.1) is 0 Å². The molecule has 106 valence electrons. The molecule has 1 atom stereocenters. The van der Waals surface area contributed by atoms with Crippen LogP contribution in [0.4, 0.5) is 0 Å². The average Bonchev–Trinajstić information content (AvgIpc) is 2.36. The van der Waals surface area contributed by atoms with Gasteiger partial charge in [-0.2, -0.15) is 0 Å². The van der Waals surface area contributed by atoms with Gasteiger partial charge in [0.15, 0.2) is 0 Å². The Balaban J connectivity index is 2.35. The number of aromatic nitrogens is 2. The molecular formula is C16H20N2O2. The van der Waals surface area contributed by atoms with Crippen LogP contribution in [0.1, 0.15) is 34.3 Å². The number of aliphatic hydroxyl groups is 1. The Hall–Kier alpha value is -1.94. The fourth-order valence-electron chi connectivity index (χ4n) is 2.38. The van der Waals surface area contributed by atoms with Crippen molar-refractivity contribution in [2.45, 2.75) is 40.3 Å². The van der Waals surface area contributed by atoms with Crippen molar-refractivity contribution >= 4 is 0 Å². The molecule has 0 saturated carbocycles. The molecule has 1 unspecified atom stereocenters. The molecule has 0 saturated heterocycles. The predicted octanol–water partition coefficient (Wildman–Crippen LogP) is 2.21. The molecule has 4 heteroatoms. The summed E-state index contributed by atoms with van der Waals surface area (Å²) in [6.45, 7) is 7.74. The van der Waals surface area contributed by atoms with Crippen LogP contribution in [0, 0.1) is 27.7 Å². The van der Waals surface area contributed by atoms with E-state index in [2.05, 4.69) is 4.98 Å². The lowest BCUT2D eigenvalue weighted by Crippen LogP contribution is -2.26. The summed E-state index contributed by atoms with van der Waals surface area (Å²) in [6, 6.07) is 7.44. The van der Waals surface area contributed by atoms with Crippen molar-refractivity contribution < 1.29 is 5.11 Å². The van der Waals surface area contributed by atoms with Crippen LogP contribution in [0.2, 0.25) is 0 Å². The van der Waals surface area contributed by atoms with Gasteiger partial charge in [-0.05, 0) is 38.8 Å². The van der Waals surface area contributed by atoms with Crippen LogP contribution in [0.15, 0.2) is 29.1 Å². The van der Waals surface area contributed by atoms with Gasteiger partial charge in [-0.3, -0.25) is 9.36 Å². The standard InChI is InChI=1S/C16H20N2O2/c1-10-5-6-11(2)14(7-10)15(19)9-18-13(4)17-12(3)8-16(18)20/h5-8,15,19H,9H2,1-4H3. The SMILES string of the molecule is Cc1ccc(C)c(C(O)Cn2c(C)nc(C)cc2=O)c1. The highest BCUT2D eigenvalue weighted by Gasteiger charge is 2.14. The van der Waals surface area contributed by atoms with E-state index in [1.165, 1.54) is 10.6 Å². The minimum absolute atomic E-state index is 0.126. The molecule has 2 rings (SSSR count). The van der Waals surface area contributed by atoms with Crippen molar-refractivity contribution in [2.75, 3.05) is 0 Å². The largest absolute Gasteiger partial charge is 0.387 e. The first-order valence-corrected chi connectivity index (χ1v) is 6.69. The first-order chi connectivity index (χ1) is 9.38. The molecule has 0 fully saturated rings. The quantitative estimate of drug-likeness (QED) is 0.932. The maximum atomic E-state index is 12.0. The van der Waals surface area contributed by atoms with Gasteiger partial charge in [0, 0.05) is 11.8 Å². The van der Waals surface area contributed by atoms with Gasteiger partial charge in [0.1, 0.15) is 5.82 Å². The molecule has 1 aromatic carbocycles. The van der Waals surface area contributed by atoms with Crippen LogP contribution in [-0.4, -0.2) is 14.7 Å². The van der Waals surface area contributed by atoms with E-state index in [1.807, 2.05) is 32.0 Å². The van der Waals surface area contributed by atoms with E-state index in [4.69, 9.17) is 0 Å². The number of hydrogen-bond acceptors (Lipinski definition) is 3. The van der Waals surface area contributed by atoms with Gasteiger partial charge < -0.3 is 5.11 Å². The molecule has 1 N–H and O–H groups in total. The lowest BCUT2D eigenvalue weighted by atomic mass is 10.0. The number of aryl methyl sites for hydroxylation is 4. The summed E-state index contributed by atoms with van der Waals surface area (Å²) >= 11 is 0. The third-order valence-electron chi connectivity index (χ3n) is 3.48. The van der Waals surface area contributed by atoms with Crippen molar-refractivity contribution in [2.24, 2.45) is 0 Å². The summed E-state index contributed by atoms with van der Waals surface area (Å²) in [4.78, 5) is 16.3. The van der Waals surface area contributed by atoms with Crippen LogP contribution >= 0.6 is 0 Å². The predicted molar refractivity (Wildman–Crippen MR) is 78.8 cm³/mol. The molecule has 1 heterocycles. The van der Waals surface area contributed by atoms with E-state index < -0.39 is 6.10 Å². The highest BCUT2D eigenvalue weighted by atomic mass is 16.3. The zero-order valence-electron chi connectivity index (χ0n) is 12.3. The number of rotatable bonds is 3. The average molecular weight is 272 g/mol. The lowest BCUT2D eigenvalue weighted by Gasteiger charge is -2.17. The molecule has 0 amide bonds. The van der Waals surface area contributed by atoms with Crippen LogP contribution in [0.5, 0.6) is 0 Å². The highest BCUT2D eigenvalue weighted by molar-refractivity contribution is 5.32. The van der Waals surface area contributed by atoms with E-state index in [-0.39, 0.29) is 12.1 Å². The number of benzene rings is 1. The van der Waals surface area contributed by atoms with Crippen LogP contribution in [0.25, 0.3) is 0 Å². The maximum absolute atomic E-state index is 12.0. The van der Waals surface area contributed by atoms with Gasteiger partial charge in [-0.25, -0.2) is 4.98 Å². The van der Waals surface area contributed by atoms with Crippen LogP contribution in [0.3, 0.4) is 0 Å². The Labute approximate surface area is 118 Å². The summed E-state index contributed by atoms with van der Waals surface area (Å²) < 4.78 is 1.51. The van der Waals surface area contributed by atoms with E-state index >= 15 is 0 Å². The first kappa shape index (κ1) is 14.5. The molecule has 4 nitrogen and oxygen atoms in total. The second-order valence-electron chi connectivity index (χ2n) is 5.27. The normalized spacial score (nSPS) is 12.4. The molecule has 0 spiro atoms. The monoisotopic (exact) mass is 272 g/mol. The fraction of sp³-hybridized carbons (Fsp3) is 0.375. The van der Waals surface area contributed by atoms with E-state index in [1.54, 1.807) is 13.8 Å². The first-order valence-electron chi connectivity index (χ1n) is 6.69. The van der Waals surface area contributed by atoms with Crippen molar-refractivity contribution in [3.63, 3.8) is 0 Å². The second kappa shape index (κ2) is 5.59. The Kier molecular flexibility index (Phi) is 4.04. The summed E-state index contributed by atoms with van der Waals surface area (Å²) in [5.41, 5.74) is 3.55. The Morgan fingerprint density at radius 3 is 2.55 bits per heavy atom. The third kappa shape index (κ3) is 2.96. The van der Waals surface area contributed by atoms with Crippen LogP contribution < -0.4 is 5.56 Å². The molecule has 2 aromatic rings. The van der Waals surface area contributed by atoms with Gasteiger partial charge in [-0.1, -0.05) is 23.8 Å². The minimum Gasteiger partial charge on any atom is -0.387 e. The topological polar surface area (TPSA) is 55.1 Å². The molecule has 0 bridgehead atoms. The van der Waals surface area contributed by atoms with E-state index in [0.717, 1.165) is 16.7 Å².